The second-order valence-electron chi connectivity index (χ2n) is 7.68. The molecule has 1 aromatic rings. The fourth-order valence-electron chi connectivity index (χ4n) is 3.03. The number of fused-ring (bicyclic) bond motifs is 1. The lowest BCUT2D eigenvalue weighted by Gasteiger charge is -2.19. The van der Waals surface area contributed by atoms with Crippen molar-refractivity contribution in [2.24, 2.45) is 4.99 Å². The molecule has 0 spiro atoms. The minimum Gasteiger partial charge on any atom is -0.475 e. The number of nitrogens with zero attached hydrogens (tertiary/aromatic N) is 1. The zero-order valence-corrected chi connectivity index (χ0v) is 14.1. The van der Waals surface area contributed by atoms with Gasteiger partial charge in [0.05, 0.1) is 11.1 Å². The third-order valence-electron chi connectivity index (χ3n) is 4.03. The SMILES string of the molecule is CC1(C)COC(c2c(C(C)(C)C)sc3c2CCCC3)=N1. The maximum absolute atomic E-state index is 5.97. The van der Waals surface area contributed by atoms with Gasteiger partial charge in [-0.1, -0.05) is 20.8 Å². The average molecular weight is 291 g/mol. The lowest BCUT2D eigenvalue weighted by molar-refractivity contribution is 0.279. The van der Waals surface area contributed by atoms with E-state index in [1.54, 1.807) is 4.88 Å². The van der Waals surface area contributed by atoms with Gasteiger partial charge in [-0.05, 0) is 50.5 Å². The van der Waals surface area contributed by atoms with Crippen LogP contribution in [-0.4, -0.2) is 18.0 Å². The molecule has 0 aromatic carbocycles. The Labute approximate surface area is 126 Å². The van der Waals surface area contributed by atoms with Crippen LogP contribution in [0.2, 0.25) is 0 Å². The predicted molar refractivity (Wildman–Crippen MR) is 86.2 cm³/mol. The highest BCUT2D eigenvalue weighted by Crippen LogP contribution is 2.42. The maximum atomic E-state index is 5.97. The average Bonchev–Trinajstić information content (AvgIpc) is 2.88. The van der Waals surface area contributed by atoms with Crippen LogP contribution in [-0.2, 0) is 23.0 Å². The topological polar surface area (TPSA) is 21.6 Å². The maximum Gasteiger partial charge on any atom is 0.218 e. The first-order valence-electron chi connectivity index (χ1n) is 7.66. The van der Waals surface area contributed by atoms with Crippen LogP contribution in [0.5, 0.6) is 0 Å². The molecule has 0 atom stereocenters. The van der Waals surface area contributed by atoms with Crippen molar-refractivity contribution in [1.82, 2.24) is 0 Å². The fraction of sp³-hybridized carbons (Fsp3) is 0.706. The monoisotopic (exact) mass is 291 g/mol. The summed E-state index contributed by atoms with van der Waals surface area (Å²) >= 11 is 2.00. The minimum atomic E-state index is -0.0754. The summed E-state index contributed by atoms with van der Waals surface area (Å²) in [4.78, 5) is 7.88. The summed E-state index contributed by atoms with van der Waals surface area (Å²) < 4.78 is 5.97. The molecular formula is C17H25NOS. The van der Waals surface area contributed by atoms with Crippen LogP contribution in [0.1, 0.15) is 68.3 Å². The molecule has 0 fully saturated rings. The molecule has 3 heteroatoms. The summed E-state index contributed by atoms with van der Waals surface area (Å²) in [6.45, 7) is 11.9. The van der Waals surface area contributed by atoms with Crippen LogP contribution in [0, 0.1) is 0 Å². The summed E-state index contributed by atoms with van der Waals surface area (Å²) in [5.41, 5.74) is 2.95. The first-order valence-corrected chi connectivity index (χ1v) is 8.48. The molecule has 0 unspecified atom stereocenters. The van der Waals surface area contributed by atoms with Gasteiger partial charge in [-0.3, -0.25) is 0 Å². The molecule has 0 bridgehead atoms. The lowest BCUT2D eigenvalue weighted by Crippen LogP contribution is -2.17. The molecule has 0 amide bonds. The van der Waals surface area contributed by atoms with Crippen molar-refractivity contribution in [2.75, 3.05) is 6.61 Å². The molecule has 0 saturated carbocycles. The number of thiophene rings is 1. The Morgan fingerprint density at radius 1 is 1.15 bits per heavy atom. The normalized spacial score (nSPS) is 21.4. The highest BCUT2D eigenvalue weighted by atomic mass is 32.1. The Kier molecular flexibility index (Phi) is 3.24. The number of aryl methyl sites for hydroxylation is 1. The van der Waals surface area contributed by atoms with E-state index in [4.69, 9.17) is 9.73 Å². The highest BCUT2D eigenvalue weighted by molar-refractivity contribution is 7.12. The van der Waals surface area contributed by atoms with E-state index < -0.39 is 0 Å². The zero-order chi connectivity index (χ0) is 14.5. The molecule has 1 aromatic heterocycles. The molecule has 0 radical (unpaired) electrons. The number of ether oxygens (including phenoxy) is 1. The highest BCUT2D eigenvalue weighted by Gasteiger charge is 2.35. The van der Waals surface area contributed by atoms with Crippen LogP contribution in [0.4, 0.5) is 0 Å². The first kappa shape index (κ1) is 14.1. The van der Waals surface area contributed by atoms with Gasteiger partial charge in [-0.15, -0.1) is 11.3 Å². The number of hydrogen-bond donors (Lipinski definition) is 0. The summed E-state index contributed by atoms with van der Waals surface area (Å²) in [7, 11) is 0. The predicted octanol–water partition coefficient (Wildman–Crippen LogP) is 4.48. The van der Waals surface area contributed by atoms with Gasteiger partial charge < -0.3 is 4.74 Å². The van der Waals surface area contributed by atoms with Gasteiger partial charge in [-0.25, -0.2) is 4.99 Å². The van der Waals surface area contributed by atoms with Crippen LogP contribution < -0.4 is 0 Å². The van der Waals surface area contributed by atoms with Crippen LogP contribution in [0.15, 0.2) is 4.99 Å². The van der Waals surface area contributed by atoms with E-state index in [0.29, 0.717) is 6.61 Å². The summed E-state index contributed by atoms with van der Waals surface area (Å²) in [6, 6.07) is 0. The van der Waals surface area contributed by atoms with Crippen molar-refractivity contribution in [1.29, 1.82) is 0 Å². The van der Waals surface area contributed by atoms with Gasteiger partial charge in [0.25, 0.3) is 0 Å². The van der Waals surface area contributed by atoms with Gasteiger partial charge in [0, 0.05) is 9.75 Å². The van der Waals surface area contributed by atoms with Gasteiger partial charge in [0.1, 0.15) is 6.61 Å². The minimum absolute atomic E-state index is 0.0754. The number of rotatable bonds is 1. The molecule has 2 nitrogen and oxygen atoms in total. The molecule has 20 heavy (non-hydrogen) atoms. The van der Waals surface area contributed by atoms with E-state index in [-0.39, 0.29) is 11.0 Å². The van der Waals surface area contributed by atoms with E-state index >= 15 is 0 Å². The second-order valence-corrected chi connectivity index (χ2v) is 8.79. The van der Waals surface area contributed by atoms with Crippen molar-refractivity contribution in [3.63, 3.8) is 0 Å². The third kappa shape index (κ3) is 2.41. The molecule has 1 aliphatic heterocycles. The van der Waals surface area contributed by atoms with E-state index in [2.05, 4.69) is 34.6 Å². The van der Waals surface area contributed by atoms with Crippen molar-refractivity contribution in [3.05, 3.63) is 20.9 Å². The second kappa shape index (κ2) is 4.59. The summed E-state index contributed by atoms with van der Waals surface area (Å²) in [6.07, 6.45) is 5.06. The van der Waals surface area contributed by atoms with Gasteiger partial charge in [0.2, 0.25) is 5.90 Å². The molecule has 0 saturated heterocycles. The number of hydrogen-bond acceptors (Lipinski definition) is 3. The largest absolute Gasteiger partial charge is 0.475 e. The molecule has 2 aliphatic rings. The Balaban J connectivity index is 2.15. The van der Waals surface area contributed by atoms with Gasteiger partial charge in [0.15, 0.2) is 0 Å². The van der Waals surface area contributed by atoms with Crippen LogP contribution >= 0.6 is 11.3 Å². The van der Waals surface area contributed by atoms with Crippen molar-refractivity contribution < 1.29 is 4.74 Å². The summed E-state index contributed by atoms with van der Waals surface area (Å²) in [5.74, 6) is 0.902. The standard InChI is InChI=1S/C17H25NOS/c1-16(2,3)14-13(15-18-17(4,5)10-19-15)11-8-6-7-9-12(11)20-14/h6-10H2,1-5H3. The van der Waals surface area contributed by atoms with Crippen molar-refractivity contribution >= 4 is 17.2 Å². The van der Waals surface area contributed by atoms with Crippen LogP contribution in [0.3, 0.4) is 0 Å². The zero-order valence-electron chi connectivity index (χ0n) is 13.3. The Morgan fingerprint density at radius 2 is 1.85 bits per heavy atom. The Morgan fingerprint density at radius 3 is 2.45 bits per heavy atom. The smallest absolute Gasteiger partial charge is 0.218 e. The molecular weight excluding hydrogens is 266 g/mol. The van der Waals surface area contributed by atoms with E-state index in [1.165, 1.54) is 41.7 Å². The molecule has 3 rings (SSSR count). The Bertz CT molecular complexity index is 560. The molecule has 2 heterocycles. The molecule has 110 valence electrons. The van der Waals surface area contributed by atoms with Gasteiger partial charge in [-0.2, -0.15) is 0 Å². The quantitative estimate of drug-likeness (QED) is 0.747. The van der Waals surface area contributed by atoms with E-state index in [9.17, 15) is 0 Å². The first-order chi connectivity index (χ1) is 9.28. The summed E-state index contributed by atoms with van der Waals surface area (Å²) in [5, 5.41) is 0. The number of aliphatic imine (C=N–C) groups is 1. The van der Waals surface area contributed by atoms with Gasteiger partial charge >= 0.3 is 0 Å². The lowest BCUT2D eigenvalue weighted by atomic mass is 9.87. The Hall–Kier alpha value is -0.830. The van der Waals surface area contributed by atoms with Crippen molar-refractivity contribution in [2.45, 2.75) is 71.3 Å². The van der Waals surface area contributed by atoms with Crippen LogP contribution in [0.25, 0.3) is 0 Å². The fourth-order valence-corrected chi connectivity index (χ4v) is 4.47. The molecule has 0 N–H and O–H groups in total. The third-order valence-corrected chi connectivity index (χ3v) is 5.75. The van der Waals surface area contributed by atoms with E-state index in [0.717, 1.165) is 5.90 Å². The van der Waals surface area contributed by atoms with E-state index in [1.807, 2.05) is 11.3 Å². The molecule has 1 aliphatic carbocycles. The van der Waals surface area contributed by atoms with Crippen molar-refractivity contribution in [3.8, 4) is 0 Å².